The summed E-state index contributed by atoms with van der Waals surface area (Å²) in [7, 11) is 1.65. The van der Waals surface area contributed by atoms with Crippen molar-refractivity contribution in [2.24, 2.45) is 5.92 Å². The van der Waals surface area contributed by atoms with Crippen LogP contribution >= 0.6 is 11.6 Å². The third-order valence-electron chi connectivity index (χ3n) is 2.65. The van der Waals surface area contributed by atoms with E-state index in [0.717, 1.165) is 23.6 Å². The van der Waals surface area contributed by atoms with E-state index < -0.39 is 0 Å². The van der Waals surface area contributed by atoms with Gasteiger partial charge in [0.2, 0.25) is 0 Å². The number of rotatable bonds is 4. The number of halogens is 1. The summed E-state index contributed by atoms with van der Waals surface area (Å²) in [6.07, 6.45) is 0.933. The molecule has 0 radical (unpaired) electrons. The molecule has 0 aliphatic rings. The van der Waals surface area contributed by atoms with Gasteiger partial charge in [-0.05, 0) is 42.7 Å². The lowest BCUT2D eigenvalue weighted by Gasteiger charge is -2.05. The molecule has 0 aliphatic heterocycles. The second-order valence-electron chi connectivity index (χ2n) is 4.67. The molecule has 0 saturated heterocycles. The molecular formula is C14H17ClN2O. The molecule has 96 valence electrons. The Morgan fingerprint density at radius 1 is 1.28 bits per heavy atom. The fraction of sp³-hybridized carbons (Fsp3) is 0.357. The van der Waals surface area contributed by atoms with Crippen LogP contribution in [0.15, 0.2) is 30.3 Å². The molecule has 1 heterocycles. The van der Waals surface area contributed by atoms with E-state index in [0.29, 0.717) is 11.1 Å². The molecular weight excluding hydrogens is 248 g/mol. The predicted octanol–water partition coefficient (Wildman–Crippen LogP) is 3.73. The summed E-state index contributed by atoms with van der Waals surface area (Å²) in [5.41, 5.74) is 1.96. The lowest BCUT2D eigenvalue weighted by atomic mass is 10.1. The van der Waals surface area contributed by atoms with Crippen LogP contribution in [0, 0.1) is 5.92 Å². The summed E-state index contributed by atoms with van der Waals surface area (Å²) >= 11 is 6.21. The lowest BCUT2D eigenvalue weighted by Crippen LogP contribution is -1.99. The first-order valence-corrected chi connectivity index (χ1v) is 6.37. The Kier molecular flexibility index (Phi) is 3.92. The largest absolute Gasteiger partial charge is 0.497 e. The van der Waals surface area contributed by atoms with Crippen molar-refractivity contribution in [2.45, 2.75) is 20.3 Å². The zero-order valence-electron chi connectivity index (χ0n) is 10.9. The van der Waals surface area contributed by atoms with E-state index in [-0.39, 0.29) is 0 Å². The number of ether oxygens (including phenoxy) is 1. The molecule has 0 saturated carbocycles. The average molecular weight is 265 g/mol. The maximum absolute atomic E-state index is 6.21. The van der Waals surface area contributed by atoms with E-state index in [4.69, 9.17) is 16.3 Å². The number of benzene rings is 1. The topological polar surface area (TPSA) is 27.1 Å². The SMILES string of the molecule is COc1ccc(-n2nc(CC(C)C)cc2Cl)cc1. The van der Waals surface area contributed by atoms with Crippen molar-refractivity contribution in [1.82, 2.24) is 9.78 Å². The van der Waals surface area contributed by atoms with Crippen molar-refractivity contribution < 1.29 is 4.74 Å². The van der Waals surface area contributed by atoms with Gasteiger partial charge in [0.1, 0.15) is 10.9 Å². The van der Waals surface area contributed by atoms with Crippen molar-refractivity contribution in [3.05, 3.63) is 41.2 Å². The zero-order valence-corrected chi connectivity index (χ0v) is 11.6. The Balaban J connectivity index is 2.29. The molecule has 0 aliphatic carbocycles. The molecule has 0 amide bonds. The fourth-order valence-corrected chi connectivity index (χ4v) is 2.09. The average Bonchev–Trinajstić information content (AvgIpc) is 2.69. The number of methoxy groups -OCH3 is 1. The Hall–Kier alpha value is -1.48. The summed E-state index contributed by atoms with van der Waals surface area (Å²) in [6, 6.07) is 9.60. The van der Waals surface area contributed by atoms with Crippen LogP contribution in [0.4, 0.5) is 0 Å². The molecule has 0 unspecified atom stereocenters. The van der Waals surface area contributed by atoms with Crippen molar-refractivity contribution in [3.63, 3.8) is 0 Å². The minimum Gasteiger partial charge on any atom is -0.497 e. The number of nitrogens with zero attached hydrogens (tertiary/aromatic N) is 2. The molecule has 0 N–H and O–H groups in total. The highest BCUT2D eigenvalue weighted by Gasteiger charge is 2.09. The van der Waals surface area contributed by atoms with E-state index in [1.54, 1.807) is 11.8 Å². The van der Waals surface area contributed by atoms with E-state index in [9.17, 15) is 0 Å². The number of hydrogen-bond acceptors (Lipinski definition) is 2. The minimum atomic E-state index is 0.570. The molecule has 1 aromatic heterocycles. The van der Waals surface area contributed by atoms with Gasteiger partial charge in [-0.3, -0.25) is 0 Å². The van der Waals surface area contributed by atoms with Crippen LogP contribution in [0.1, 0.15) is 19.5 Å². The molecule has 4 heteroatoms. The Morgan fingerprint density at radius 3 is 2.50 bits per heavy atom. The lowest BCUT2D eigenvalue weighted by molar-refractivity contribution is 0.414. The third-order valence-corrected chi connectivity index (χ3v) is 2.92. The standard InChI is InChI=1S/C14H17ClN2O/c1-10(2)8-11-9-14(15)17(16-11)12-4-6-13(18-3)7-5-12/h4-7,9-10H,8H2,1-3H3. The minimum absolute atomic E-state index is 0.570. The summed E-state index contributed by atoms with van der Waals surface area (Å²) in [6.45, 7) is 4.33. The monoisotopic (exact) mass is 264 g/mol. The van der Waals surface area contributed by atoms with Crippen LogP contribution in [0.5, 0.6) is 5.75 Å². The normalized spacial score (nSPS) is 10.9. The van der Waals surface area contributed by atoms with E-state index in [2.05, 4.69) is 18.9 Å². The predicted molar refractivity (Wildman–Crippen MR) is 73.7 cm³/mol. The van der Waals surface area contributed by atoms with Crippen LogP contribution in [-0.4, -0.2) is 16.9 Å². The van der Waals surface area contributed by atoms with Crippen LogP contribution in [0.2, 0.25) is 5.15 Å². The first kappa shape index (κ1) is 13.0. The molecule has 2 aromatic rings. The fourth-order valence-electron chi connectivity index (χ4n) is 1.83. The Bertz CT molecular complexity index is 517. The summed E-state index contributed by atoms with van der Waals surface area (Å²) in [4.78, 5) is 0. The smallest absolute Gasteiger partial charge is 0.133 e. The van der Waals surface area contributed by atoms with Crippen LogP contribution in [0.25, 0.3) is 5.69 Å². The zero-order chi connectivity index (χ0) is 13.1. The number of hydrogen-bond donors (Lipinski definition) is 0. The van der Waals surface area contributed by atoms with Gasteiger partial charge < -0.3 is 4.74 Å². The highest BCUT2D eigenvalue weighted by molar-refractivity contribution is 6.29. The molecule has 1 aromatic carbocycles. The third kappa shape index (κ3) is 2.85. The van der Waals surface area contributed by atoms with Crippen molar-refractivity contribution >= 4 is 11.6 Å². The molecule has 18 heavy (non-hydrogen) atoms. The summed E-state index contributed by atoms with van der Waals surface area (Å²) < 4.78 is 6.88. The van der Waals surface area contributed by atoms with Gasteiger partial charge in [0.15, 0.2) is 0 Å². The maximum atomic E-state index is 6.21. The number of aromatic nitrogens is 2. The van der Waals surface area contributed by atoms with Crippen molar-refractivity contribution in [3.8, 4) is 11.4 Å². The summed E-state index contributed by atoms with van der Waals surface area (Å²) in [5.74, 6) is 1.39. The van der Waals surface area contributed by atoms with Gasteiger partial charge in [-0.25, -0.2) is 4.68 Å². The van der Waals surface area contributed by atoms with Gasteiger partial charge in [0.05, 0.1) is 18.5 Å². The van der Waals surface area contributed by atoms with E-state index >= 15 is 0 Å². The van der Waals surface area contributed by atoms with Gasteiger partial charge in [-0.2, -0.15) is 5.10 Å². The molecule has 0 spiro atoms. The summed E-state index contributed by atoms with van der Waals surface area (Å²) in [5, 5.41) is 5.15. The second-order valence-corrected chi connectivity index (χ2v) is 5.05. The van der Waals surface area contributed by atoms with Gasteiger partial charge in [0.25, 0.3) is 0 Å². The molecule has 0 atom stereocenters. The second kappa shape index (κ2) is 5.44. The van der Waals surface area contributed by atoms with E-state index in [1.165, 1.54) is 0 Å². The van der Waals surface area contributed by atoms with Crippen molar-refractivity contribution in [2.75, 3.05) is 7.11 Å². The first-order chi connectivity index (χ1) is 8.60. The molecule has 0 bridgehead atoms. The highest BCUT2D eigenvalue weighted by Crippen LogP contribution is 2.21. The first-order valence-electron chi connectivity index (χ1n) is 5.99. The van der Waals surface area contributed by atoms with Gasteiger partial charge in [-0.15, -0.1) is 0 Å². The van der Waals surface area contributed by atoms with Crippen LogP contribution in [-0.2, 0) is 6.42 Å². The van der Waals surface area contributed by atoms with Crippen LogP contribution in [0.3, 0.4) is 0 Å². The van der Waals surface area contributed by atoms with Crippen molar-refractivity contribution in [1.29, 1.82) is 0 Å². The maximum Gasteiger partial charge on any atom is 0.133 e. The molecule has 3 nitrogen and oxygen atoms in total. The quantitative estimate of drug-likeness (QED) is 0.841. The van der Waals surface area contributed by atoms with Gasteiger partial charge in [-0.1, -0.05) is 25.4 Å². The highest BCUT2D eigenvalue weighted by atomic mass is 35.5. The molecule has 0 fully saturated rings. The van der Waals surface area contributed by atoms with Gasteiger partial charge >= 0.3 is 0 Å². The van der Waals surface area contributed by atoms with Gasteiger partial charge in [0, 0.05) is 0 Å². The van der Waals surface area contributed by atoms with E-state index in [1.807, 2.05) is 30.3 Å². The molecule has 2 rings (SSSR count). The Labute approximate surface area is 112 Å². The van der Waals surface area contributed by atoms with Crippen LogP contribution < -0.4 is 4.74 Å². The Morgan fingerprint density at radius 2 is 1.94 bits per heavy atom.